The van der Waals surface area contributed by atoms with Crippen molar-refractivity contribution in [2.45, 2.75) is 64.1 Å². The van der Waals surface area contributed by atoms with Gasteiger partial charge in [-0.25, -0.2) is 0 Å². The number of fused-ring (bicyclic) bond motifs is 2. The van der Waals surface area contributed by atoms with Crippen molar-refractivity contribution in [3.8, 4) is 0 Å². The molecule has 8 nitrogen and oxygen atoms in total. The van der Waals surface area contributed by atoms with Gasteiger partial charge >= 0.3 is 0 Å². The molecule has 0 bridgehead atoms. The Hall–Kier alpha value is -2.55. The van der Waals surface area contributed by atoms with Crippen LogP contribution in [0, 0.1) is 5.92 Å². The van der Waals surface area contributed by atoms with Gasteiger partial charge in [-0.1, -0.05) is 19.6 Å². The van der Waals surface area contributed by atoms with Gasteiger partial charge in [-0.2, -0.15) is 5.10 Å². The van der Waals surface area contributed by atoms with Gasteiger partial charge in [0.1, 0.15) is 18.3 Å². The molecular formula is C21H29N5O3Si. The summed E-state index contributed by atoms with van der Waals surface area (Å²) in [6.07, 6.45) is 4.92. The van der Waals surface area contributed by atoms with Crippen molar-refractivity contribution in [2.75, 3.05) is 6.54 Å². The zero-order valence-electron chi connectivity index (χ0n) is 18.0. The molecule has 2 fully saturated rings. The molecule has 2 aromatic rings. The number of piperidine rings is 1. The van der Waals surface area contributed by atoms with Crippen molar-refractivity contribution in [3.63, 3.8) is 0 Å². The average Bonchev–Trinajstić information content (AvgIpc) is 3.17. The molecule has 0 radical (unpaired) electrons. The lowest BCUT2D eigenvalue weighted by atomic mass is 10.1. The number of Topliss-reactive ketones (excluding diaryl/α,β-unsaturated/α-hetero) is 1. The summed E-state index contributed by atoms with van der Waals surface area (Å²) in [7, 11) is -1.23. The number of aromatic nitrogens is 3. The van der Waals surface area contributed by atoms with Gasteiger partial charge in [0, 0.05) is 39.2 Å². The van der Waals surface area contributed by atoms with Crippen LogP contribution in [0.25, 0.3) is 10.9 Å². The molecule has 1 aliphatic heterocycles. The largest absolute Gasteiger partial charge is 0.355 e. The Morgan fingerprint density at radius 2 is 2.00 bits per heavy atom. The molecule has 9 heteroatoms. The van der Waals surface area contributed by atoms with E-state index in [9.17, 15) is 14.4 Å². The summed E-state index contributed by atoms with van der Waals surface area (Å²) in [6, 6.07) is 2.50. The van der Waals surface area contributed by atoms with Crippen molar-refractivity contribution in [2.24, 2.45) is 5.92 Å². The molecule has 2 aromatic heterocycles. The number of nitrogens with one attached hydrogen (secondary N) is 1. The number of hydrogen-bond donors (Lipinski definition) is 1. The number of carbonyl (C=O) groups excluding carboxylic acids is 3. The topological polar surface area (TPSA) is 97.2 Å². The average molecular weight is 428 g/mol. The van der Waals surface area contributed by atoms with Gasteiger partial charge in [-0.15, -0.1) is 0 Å². The Morgan fingerprint density at radius 1 is 1.23 bits per heavy atom. The summed E-state index contributed by atoms with van der Waals surface area (Å²) in [5.74, 6) is 0.0879. The first kappa shape index (κ1) is 20.7. The summed E-state index contributed by atoms with van der Waals surface area (Å²) in [6.45, 7) is 8.95. The van der Waals surface area contributed by atoms with E-state index in [1.54, 1.807) is 23.4 Å². The molecule has 30 heavy (non-hydrogen) atoms. The highest BCUT2D eigenvalue weighted by Gasteiger charge is 2.55. The molecule has 160 valence electrons. The first-order valence-electron chi connectivity index (χ1n) is 10.6. The van der Waals surface area contributed by atoms with Gasteiger partial charge in [-0.3, -0.25) is 24.0 Å². The fourth-order valence-corrected chi connectivity index (χ4v) is 5.21. The van der Waals surface area contributed by atoms with Crippen LogP contribution < -0.4 is 5.32 Å². The number of amides is 2. The van der Waals surface area contributed by atoms with E-state index >= 15 is 0 Å². The molecule has 2 aliphatic rings. The Kier molecular flexibility index (Phi) is 5.25. The number of hydrogen-bond acceptors (Lipinski definition) is 5. The molecule has 4 rings (SSSR count). The minimum Gasteiger partial charge on any atom is -0.355 e. The maximum atomic E-state index is 13.2. The highest BCUT2D eigenvalue weighted by atomic mass is 28.3. The Labute approximate surface area is 177 Å². The third-order valence-corrected chi connectivity index (χ3v) is 7.79. The molecule has 2 amide bonds. The van der Waals surface area contributed by atoms with Crippen LogP contribution in [0.4, 0.5) is 0 Å². The summed E-state index contributed by atoms with van der Waals surface area (Å²) in [5.41, 5.74) is 0.991. The number of nitrogens with zero attached hydrogens (tertiary/aromatic N) is 4. The van der Waals surface area contributed by atoms with Crippen LogP contribution >= 0.6 is 0 Å². The minimum absolute atomic E-state index is 0.00260. The molecule has 0 spiro atoms. The van der Waals surface area contributed by atoms with Gasteiger partial charge in [-0.05, 0) is 30.9 Å². The maximum Gasteiger partial charge on any atom is 0.245 e. The molecule has 3 heterocycles. The van der Waals surface area contributed by atoms with E-state index in [0.29, 0.717) is 29.1 Å². The van der Waals surface area contributed by atoms with Gasteiger partial charge in [0.05, 0.1) is 11.7 Å². The van der Waals surface area contributed by atoms with Crippen molar-refractivity contribution in [3.05, 3.63) is 24.2 Å². The molecule has 1 saturated heterocycles. The third-order valence-electron chi connectivity index (χ3n) is 6.04. The van der Waals surface area contributed by atoms with Crippen molar-refractivity contribution in [1.29, 1.82) is 0 Å². The Morgan fingerprint density at radius 3 is 2.70 bits per heavy atom. The van der Waals surface area contributed by atoms with Gasteiger partial charge in [0.2, 0.25) is 11.8 Å². The van der Waals surface area contributed by atoms with Gasteiger partial charge in [0.25, 0.3) is 0 Å². The predicted octanol–water partition coefficient (Wildman–Crippen LogP) is 2.08. The number of pyridine rings is 1. The smallest absolute Gasteiger partial charge is 0.245 e. The quantitative estimate of drug-likeness (QED) is 0.539. The highest BCUT2D eigenvalue weighted by molar-refractivity contribution is 6.76. The molecule has 1 N–H and O–H groups in total. The van der Waals surface area contributed by atoms with Gasteiger partial charge < -0.3 is 10.2 Å². The molecule has 0 unspecified atom stereocenters. The van der Waals surface area contributed by atoms with Crippen molar-refractivity contribution < 1.29 is 14.4 Å². The lowest BCUT2D eigenvalue weighted by molar-refractivity contribution is -0.140. The van der Waals surface area contributed by atoms with Crippen LogP contribution in [0.5, 0.6) is 0 Å². The molecule has 3 atom stereocenters. The van der Waals surface area contributed by atoms with E-state index in [0.717, 1.165) is 18.9 Å². The summed E-state index contributed by atoms with van der Waals surface area (Å²) >= 11 is 0. The molecule has 1 aliphatic carbocycles. The molecular weight excluding hydrogens is 398 g/mol. The number of ketones is 1. The van der Waals surface area contributed by atoms with Gasteiger partial charge in [0.15, 0.2) is 5.78 Å². The fraction of sp³-hybridized carbons (Fsp3) is 0.571. The fourth-order valence-electron chi connectivity index (χ4n) is 4.34. The van der Waals surface area contributed by atoms with E-state index in [2.05, 4.69) is 35.0 Å². The van der Waals surface area contributed by atoms with Crippen LogP contribution in [-0.2, 0) is 16.1 Å². The summed E-state index contributed by atoms with van der Waals surface area (Å²) in [5, 5.41) is 8.10. The van der Waals surface area contributed by atoms with E-state index in [4.69, 9.17) is 0 Å². The van der Waals surface area contributed by atoms with Crippen LogP contribution in [-0.4, -0.2) is 64.0 Å². The van der Waals surface area contributed by atoms with E-state index in [1.807, 2.05) is 0 Å². The first-order valence-corrected chi connectivity index (χ1v) is 14.3. The lowest BCUT2D eigenvalue weighted by Crippen LogP contribution is -2.49. The van der Waals surface area contributed by atoms with E-state index in [-0.39, 0.29) is 30.2 Å². The van der Waals surface area contributed by atoms with E-state index < -0.39 is 14.1 Å². The Bertz CT molecular complexity index is 1010. The van der Waals surface area contributed by atoms with Crippen LogP contribution in [0.1, 0.15) is 30.3 Å². The second-order valence-electron chi connectivity index (χ2n) is 9.67. The highest BCUT2D eigenvalue weighted by Crippen LogP contribution is 2.48. The first-order chi connectivity index (χ1) is 14.2. The maximum absolute atomic E-state index is 13.2. The zero-order chi connectivity index (χ0) is 21.6. The number of carbonyl (C=O) groups is 3. The standard InChI is InChI=1S/C21H29N5O3Si/c1-13(27)20-15-5-6-22-11-18(15)25(24-20)12-19(28)26-16-9-14(16)10-17(26)21(29)23-7-8-30(2,3)4/h5-6,11,14,16-17H,7-10,12H2,1-4H3,(H,23,29)/t14-,16-,17+/m1/s1. The zero-order valence-corrected chi connectivity index (χ0v) is 19.0. The Balaban J connectivity index is 1.49. The predicted molar refractivity (Wildman–Crippen MR) is 116 cm³/mol. The lowest BCUT2D eigenvalue weighted by Gasteiger charge is -2.27. The SMILES string of the molecule is CC(=O)c1nn(CC(=O)N2[C@@H]3C[C@@H]3C[C@H]2C(=O)NCC[Si](C)(C)C)c2cnccc12. The molecule has 1 saturated carbocycles. The third kappa shape index (κ3) is 4.03. The molecule has 0 aromatic carbocycles. The second-order valence-corrected chi connectivity index (χ2v) is 15.3. The summed E-state index contributed by atoms with van der Waals surface area (Å²) < 4.78 is 1.54. The second kappa shape index (κ2) is 7.61. The van der Waals surface area contributed by atoms with Crippen LogP contribution in [0.15, 0.2) is 18.5 Å². The van der Waals surface area contributed by atoms with Crippen molar-refractivity contribution in [1.82, 2.24) is 25.0 Å². The minimum atomic E-state index is -1.23. The van der Waals surface area contributed by atoms with Crippen LogP contribution in [0.2, 0.25) is 25.7 Å². The number of likely N-dealkylation sites (tertiary alicyclic amines) is 1. The normalized spacial score (nSPS) is 22.8. The number of rotatable bonds is 7. The summed E-state index contributed by atoms with van der Waals surface area (Å²) in [4.78, 5) is 43.8. The van der Waals surface area contributed by atoms with E-state index in [1.165, 1.54) is 11.6 Å². The monoisotopic (exact) mass is 427 g/mol. The van der Waals surface area contributed by atoms with Crippen molar-refractivity contribution >= 4 is 36.6 Å². The van der Waals surface area contributed by atoms with Crippen LogP contribution in [0.3, 0.4) is 0 Å².